The minimum absolute atomic E-state index is 0.615. The zero-order valence-corrected chi connectivity index (χ0v) is 28.1. The van der Waals surface area contributed by atoms with Crippen LogP contribution in [0.25, 0.3) is 90.0 Å². The molecule has 0 spiro atoms. The maximum Gasteiger partial charge on any atom is 0.164 e. The Morgan fingerprint density at radius 1 is 0.269 bits per heavy atom. The Labute approximate surface area is 302 Å². The molecule has 0 aliphatic rings. The number of hydrogen-bond donors (Lipinski definition) is 0. The molecule has 9 aromatic rings. The first kappa shape index (κ1) is 30.9. The summed E-state index contributed by atoms with van der Waals surface area (Å²) in [5.41, 5.74) is 9.66. The highest BCUT2D eigenvalue weighted by Gasteiger charge is 2.18. The van der Waals surface area contributed by atoms with Crippen molar-refractivity contribution in [3.8, 4) is 79.2 Å². The molecule has 0 aliphatic carbocycles. The maximum atomic E-state index is 5.09. The summed E-state index contributed by atoms with van der Waals surface area (Å²) in [6, 6.07) is 64.0. The van der Waals surface area contributed by atoms with E-state index in [0.717, 1.165) is 66.7 Å². The lowest BCUT2D eigenvalue weighted by atomic mass is 9.92. The second-order valence-electron chi connectivity index (χ2n) is 12.5. The molecule has 0 fully saturated rings. The van der Waals surface area contributed by atoms with E-state index in [1.807, 2.05) is 97.1 Å². The fourth-order valence-electron chi connectivity index (χ4n) is 6.57. The van der Waals surface area contributed by atoms with Gasteiger partial charge in [0, 0.05) is 38.9 Å². The smallest absolute Gasteiger partial charge is 0.164 e. The molecule has 0 amide bonds. The van der Waals surface area contributed by atoms with E-state index in [4.69, 9.17) is 24.9 Å². The van der Waals surface area contributed by atoms with E-state index >= 15 is 0 Å². The van der Waals surface area contributed by atoms with Crippen LogP contribution in [0.4, 0.5) is 0 Å². The molecule has 9 rings (SSSR count). The molecular formula is C47H31N5. The van der Waals surface area contributed by atoms with Crippen molar-refractivity contribution in [2.24, 2.45) is 0 Å². The van der Waals surface area contributed by atoms with Gasteiger partial charge in [0.25, 0.3) is 0 Å². The molecule has 0 saturated heterocycles. The molecule has 0 aliphatic heterocycles. The van der Waals surface area contributed by atoms with E-state index < -0.39 is 0 Å². The SMILES string of the molecule is c1ccc(-c2cc(-c3ccccc3)nc(-c3ccc(-c4c(-c5nc(-c6ccccc6)nc(-c6ccccc6)n5)ccc5ccccc45)cc3)n2)cc1. The van der Waals surface area contributed by atoms with Crippen molar-refractivity contribution < 1.29 is 0 Å². The predicted octanol–water partition coefficient (Wildman–Crippen LogP) is 11.5. The monoisotopic (exact) mass is 665 g/mol. The van der Waals surface area contributed by atoms with Gasteiger partial charge in [-0.15, -0.1) is 0 Å². The summed E-state index contributed by atoms with van der Waals surface area (Å²) in [5.74, 6) is 2.54. The number of aromatic nitrogens is 5. The standard InChI is InChI=1S/C47H31N5/c1-5-16-33(17-6-1)41-31-42(34-18-7-2-8-19-34)49-44(48-41)38-27-25-35(26-28-38)43-39-24-14-13-15-32(39)29-30-40(43)47-51-45(36-20-9-3-10-21-36)50-46(52-47)37-22-11-4-12-23-37/h1-31H. The minimum atomic E-state index is 0.615. The van der Waals surface area contributed by atoms with Crippen molar-refractivity contribution in [2.75, 3.05) is 0 Å². The Morgan fingerprint density at radius 3 is 1.21 bits per heavy atom. The van der Waals surface area contributed by atoms with E-state index in [9.17, 15) is 0 Å². The molecule has 0 radical (unpaired) electrons. The van der Waals surface area contributed by atoms with Crippen molar-refractivity contribution in [1.82, 2.24) is 24.9 Å². The Kier molecular flexibility index (Phi) is 8.12. The summed E-state index contributed by atoms with van der Waals surface area (Å²) in [6.07, 6.45) is 0. The molecule has 0 N–H and O–H groups in total. The van der Waals surface area contributed by atoms with E-state index in [0.29, 0.717) is 23.3 Å². The molecule has 2 heterocycles. The molecule has 0 saturated carbocycles. The highest BCUT2D eigenvalue weighted by atomic mass is 15.0. The summed E-state index contributed by atoms with van der Waals surface area (Å²) in [5, 5.41) is 2.25. The summed E-state index contributed by atoms with van der Waals surface area (Å²) in [6.45, 7) is 0. The van der Waals surface area contributed by atoms with E-state index in [2.05, 4.69) is 91.0 Å². The van der Waals surface area contributed by atoms with Gasteiger partial charge in [-0.05, 0) is 28.5 Å². The third kappa shape index (κ3) is 6.12. The third-order valence-corrected chi connectivity index (χ3v) is 9.17. The molecular weight excluding hydrogens is 635 g/mol. The summed E-state index contributed by atoms with van der Waals surface area (Å²) in [4.78, 5) is 25.2. The molecule has 5 heteroatoms. The molecule has 2 aromatic heterocycles. The highest BCUT2D eigenvalue weighted by Crippen LogP contribution is 2.39. The van der Waals surface area contributed by atoms with Gasteiger partial charge >= 0.3 is 0 Å². The minimum Gasteiger partial charge on any atom is -0.228 e. The van der Waals surface area contributed by atoms with E-state index in [-0.39, 0.29) is 0 Å². The first-order valence-electron chi connectivity index (χ1n) is 17.3. The Balaban J connectivity index is 1.20. The van der Waals surface area contributed by atoms with Gasteiger partial charge in [0.1, 0.15) is 0 Å². The van der Waals surface area contributed by atoms with Gasteiger partial charge < -0.3 is 0 Å². The zero-order valence-electron chi connectivity index (χ0n) is 28.1. The fraction of sp³-hybridized carbons (Fsp3) is 0. The molecule has 0 atom stereocenters. The molecule has 52 heavy (non-hydrogen) atoms. The number of benzene rings is 7. The van der Waals surface area contributed by atoms with Crippen LogP contribution >= 0.6 is 0 Å². The van der Waals surface area contributed by atoms with Crippen LogP contribution in [-0.4, -0.2) is 24.9 Å². The van der Waals surface area contributed by atoms with Gasteiger partial charge in [-0.3, -0.25) is 0 Å². The van der Waals surface area contributed by atoms with E-state index in [1.54, 1.807) is 0 Å². The largest absolute Gasteiger partial charge is 0.228 e. The Morgan fingerprint density at radius 2 is 0.673 bits per heavy atom. The van der Waals surface area contributed by atoms with E-state index in [1.165, 1.54) is 0 Å². The van der Waals surface area contributed by atoms with Gasteiger partial charge in [-0.1, -0.05) is 176 Å². The van der Waals surface area contributed by atoms with Crippen molar-refractivity contribution in [3.05, 3.63) is 188 Å². The van der Waals surface area contributed by atoms with Crippen LogP contribution in [0, 0.1) is 0 Å². The average Bonchev–Trinajstić information content (AvgIpc) is 3.24. The van der Waals surface area contributed by atoms with Crippen LogP contribution in [0.3, 0.4) is 0 Å². The predicted molar refractivity (Wildman–Crippen MR) is 211 cm³/mol. The van der Waals surface area contributed by atoms with Crippen molar-refractivity contribution in [2.45, 2.75) is 0 Å². The van der Waals surface area contributed by atoms with Gasteiger partial charge in [0.2, 0.25) is 0 Å². The second kappa shape index (κ2) is 13.7. The molecule has 5 nitrogen and oxygen atoms in total. The van der Waals surface area contributed by atoms with Crippen LogP contribution in [0.15, 0.2) is 188 Å². The first-order chi connectivity index (χ1) is 25.8. The summed E-state index contributed by atoms with van der Waals surface area (Å²) >= 11 is 0. The van der Waals surface area contributed by atoms with Gasteiger partial charge in [-0.25, -0.2) is 24.9 Å². The Hall–Kier alpha value is -7.11. The van der Waals surface area contributed by atoms with Crippen LogP contribution < -0.4 is 0 Å². The van der Waals surface area contributed by atoms with Crippen molar-refractivity contribution >= 4 is 10.8 Å². The number of rotatable bonds is 7. The highest BCUT2D eigenvalue weighted by molar-refractivity contribution is 6.03. The van der Waals surface area contributed by atoms with Crippen LogP contribution in [0.2, 0.25) is 0 Å². The van der Waals surface area contributed by atoms with Gasteiger partial charge in [-0.2, -0.15) is 0 Å². The quantitative estimate of drug-likeness (QED) is 0.169. The maximum absolute atomic E-state index is 5.09. The Bertz CT molecular complexity index is 2530. The lowest BCUT2D eigenvalue weighted by molar-refractivity contribution is 1.07. The number of nitrogens with zero attached hydrogens (tertiary/aromatic N) is 5. The second-order valence-corrected chi connectivity index (χ2v) is 12.5. The van der Waals surface area contributed by atoms with Crippen LogP contribution in [-0.2, 0) is 0 Å². The normalized spacial score (nSPS) is 11.1. The molecule has 0 unspecified atom stereocenters. The number of hydrogen-bond acceptors (Lipinski definition) is 5. The lowest BCUT2D eigenvalue weighted by Gasteiger charge is -2.15. The van der Waals surface area contributed by atoms with Crippen molar-refractivity contribution in [3.63, 3.8) is 0 Å². The van der Waals surface area contributed by atoms with Gasteiger partial charge in [0.15, 0.2) is 23.3 Å². The average molecular weight is 666 g/mol. The van der Waals surface area contributed by atoms with Crippen LogP contribution in [0.5, 0.6) is 0 Å². The molecule has 7 aromatic carbocycles. The van der Waals surface area contributed by atoms with Crippen LogP contribution in [0.1, 0.15) is 0 Å². The topological polar surface area (TPSA) is 64.5 Å². The molecule has 244 valence electrons. The number of fused-ring (bicyclic) bond motifs is 1. The fourth-order valence-corrected chi connectivity index (χ4v) is 6.57. The van der Waals surface area contributed by atoms with Crippen molar-refractivity contribution in [1.29, 1.82) is 0 Å². The summed E-state index contributed by atoms with van der Waals surface area (Å²) in [7, 11) is 0. The molecule has 0 bridgehead atoms. The third-order valence-electron chi connectivity index (χ3n) is 9.17. The van der Waals surface area contributed by atoms with Gasteiger partial charge in [0.05, 0.1) is 11.4 Å². The zero-order chi connectivity index (χ0) is 34.7. The lowest BCUT2D eigenvalue weighted by Crippen LogP contribution is -2.01. The summed E-state index contributed by atoms with van der Waals surface area (Å²) < 4.78 is 0. The first-order valence-corrected chi connectivity index (χ1v) is 17.3.